The lowest BCUT2D eigenvalue weighted by Crippen LogP contribution is -1.99. The summed E-state index contributed by atoms with van der Waals surface area (Å²) in [5.41, 5.74) is 0.570. The third-order valence-corrected chi connectivity index (χ3v) is 2.72. The maximum Gasteiger partial charge on any atom is 0.335 e. The van der Waals surface area contributed by atoms with Crippen molar-refractivity contribution in [2.75, 3.05) is 12.4 Å². The van der Waals surface area contributed by atoms with E-state index in [9.17, 15) is 9.18 Å². The van der Waals surface area contributed by atoms with Gasteiger partial charge in [0.05, 0.1) is 12.2 Å². The molecule has 5 heteroatoms. The van der Waals surface area contributed by atoms with Gasteiger partial charge in [-0.2, -0.15) is 11.8 Å². The fourth-order valence-corrected chi connectivity index (χ4v) is 1.79. The summed E-state index contributed by atoms with van der Waals surface area (Å²) in [6.07, 6.45) is 0. The number of carboxylic acids is 1. The number of carboxylic acid groups (broad SMARTS) is 1. The Labute approximate surface area is 90.9 Å². The molecule has 1 rings (SSSR count). The monoisotopic (exact) mass is 230 g/mol. The molecule has 1 aromatic carbocycles. The lowest BCUT2D eigenvalue weighted by molar-refractivity contribution is 0.0696. The quantitative estimate of drug-likeness (QED) is 0.757. The van der Waals surface area contributed by atoms with E-state index in [2.05, 4.69) is 0 Å². The fraction of sp³-hybridized carbons (Fsp3) is 0.300. The molecule has 0 aliphatic heterocycles. The average Bonchev–Trinajstić information content (AvgIpc) is 2.17. The molecule has 0 amide bonds. The molecule has 0 spiro atoms. The maximum atomic E-state index is 13.0. The van der Waals surface area contributed by atoms with Gasteiger partial charge < -0.3 is 10.2 Å². The van der Waals surface area contributed by atoms with E-state index in [1.807, 2.05) is 0 Å². The summed E-state index contributed by atoms with van der Waals surface area (Å²) >= 11 is 1.43. The van der Waals surface area contributed by atoms with Gasteiger partial charge in [0.1, 0.15) is 5.82 Å². The van der Waals surface area contributed by atoms with Gasteiger partial charge in [-0.05, 0) is 23.8 Å². The minimum atomic E-state index is -1.14. The molecule has 0 fully saturated rings. The zero-order valence-corrected chi connectivity index (χ0v) is 8.76. The van der Waals surface area contributed by atoms with Gasteiger partial charge in [-0.15, -0.1) is 0 Å². The number of benzene rings is 1. The van der Waals surface area contributed by atoms with Crippen molar-refractivity contribution in [2.24, 2.45) is 0 Å². The van der Waals surface area contributed by atoms with E-state index in [0.29, 0.717) is 17.1 Å². The van der Waals surface area contributed by atoms with Crippen molar-refractivity contribution in [2.45, 2.75) is 5.75 Å². The molecule has 1 aromatic rings. The second kappa shape index (κ2) is 5.72. The lowest BCUT2D eigenvalue weighted by atomic mass is 10.1. The zero-order chi connectivity index (χ0) is 11.3. The number of hydrogen-bond donors (Lipinski definition) is 2. The molecule has 0 heterocycles. The predicted octanol–water partition coefficient (Wildman–Crippen LogP) is 1.75. The summed E-state index contributed by atoms with van der Waals surface area (Å²) < 4.78 is 13.0. The van der Waals surface area contributed by atoms with Crippen molar-refractivity contribution in [3.63, 3.8) is 0 Å². The standard InChI is InChI=1S/C10H11FO3S/c11-9-4-7(6-15-2-1-12)3-8(5-9)10(13)14/h3-5,12H,1-2,6H2,(H,13,14). The molecular weight excluding hydrogens is 219 g/mol. The number of carbonyl (C=O) groups is 1. The second-order valence-electron chi connectivity index (χ2n) is 2.93. The highest BCUT2D eigenvalue weighted by molar-refractivity contribution is 7.98. The van der Waals surface area contributed by atoms with Crippen LogP contribution in [-0.2, 0) is 5.75 Å². The van der Waals surface area contributed by atoms with Gasteiger partial charge in [-0.25, -0.2) is 9.18 Å². The van der Waals surface area contributed by atoms with Gasteiger partial charge in [0.15, 0.2) is 0 Å². The summed E-state index contributed by atoms with van der Waals surface area (Å²) in [6, 6.07) is 3.73. The molecule has 0 radical (unpaired) electrons. The number of halogens is 1. The van der Waals surface area contributed by atoms with Gasteiger partial charge in [0.25, 0.3) is 0 Å². The molecule has 82 valence electrons. The number of hydrogen-bond acceptors (Lipinski definition) is 3. The first kappa shape index (κ1) is 12.0. The van der Waals surface area contributed by atoms with Crippen LogP contribution in [0.2, 0.25) is 0 Å². The first-order chi connectivity index (χ1) is 7.13. The Bertz CT molecular complexity index is 355. The number of aliphatic hydroxyl groups is 1. The Morgan fingerprint density at radius 1 is 1.40 bits per heavy atom. The maximum absolute atomic E-state index is 13.0. The molecule has 2 N–H and O–H groups in total. The van der Waals surface area contributed by atoms with Crippen molar-refractivity contribution in [1.29, 1.82) is 0 Å². The highest BCUT2D eigenvalue weighted by atomic mass is 32.2. The molecule has 0 saturated carbocycles. The van der Waals surface area contributed by atoms with Crippen LogP contribution in [0.5, 0.6) is 0 Å². The summed E-state index contributed by atoms with van der Waals surface area (Å²) in [6.45, 7) is 0.0613. The number of rotatable bonds is 5. The van der Waals surface area contributed by atoms with E-state index in [1.54, 1.807) is 0 Å². The van der Waals surface area contributed by atoms with Crippen LogP contribution in [0, 0.1) is 5.82 Å². The largest absolute Gasteiger partial charge is 0.478 e. The number of aromatic carboxylic acids is 1. The van der Waals surface area contributed by atoms with Crippen LogP contribution in [0.1, 0.15) is 15.9 Å². The Balaban J connectivity index is 2.75. The van der Waals surface area contributed by atoms with E-state index in [1.165, 1.54) is 23.9 Å². The van der Waals surface area contributed by atoms with Gasteiger partial charge >= 0.3 is 5.97 Å². The molecule has 0 aliphatic rings. The summed E-state index contributed by atoms with van der Waals surface area (Å²) in [7, 11) is 0. The Kier molecular flexibility index (Phi) is 4.58. The molecule has 0 bridgehead atoms. The van der Waals surface area contributed by atoms with E-state index in [-0.39, 0.29) is 12.2 Å². The first-order valence-corrected chi connectivity index (χ1v) is 5.50. The predicted molar refractivity (Wildman–Crippen MR) is 56.6 cm³/mol. The minimum absolute atomic E-state index is 0.0467. The fourth-order valence-electron chi connectivity index (χ4n) is 1.11. The van der Waals surface area contributed by atoms with E-state index in [0.717, 1.165) is 6.07 Å². The van der Waals surface area contributed by atoms with Crippen LogP contribution in [-0.4, -0.2) is 28.5 Å². The highest BCUT2D eigenvalue weighted by Crippen LogP contribution is 2.15. The number of thioether (sulfide) groups is 1. The molecule has 0 saturated heterocycles. The van der Waals surface area contributed by atoms with Gasteiger partial charge in [0.2, 0.25) is 0 Å². The van der Waals surface area contributed by atoms with Crippen LogP contribution in [0.15, 0.2) is 18.2 Å². The highest BCUT2D eigenvalue weighted by Gasteiger charge is 2.06. The Morgan fingerprint density at radius 2 is 2.13 bits per heavy atom. The summed E-state index contributed by atoms with van der Waals surface area (Å²) in [5, 5.41) is 17.2. The van der Waals surface area contributed by atoms with Crippen LogP contribution in [0.4, 0.5) is 4.39 Å². The van der Waals surface area contributed by atoms with Crippen LogP contribution in [0.25, 0.3) is 0 Å². The molecule has 0 aliphatic carbocycles. The molecule has 0 atom stereocenters. The average molecular weight is 230 g/mol. The summed E-state index contributed by atoms with van der Waals surface area (Å²) in [4.78, 5) is 10.6. The third-order valence-electron chi connectivity index (χ3n) is 1.71. The second-order valence-corrected chi connectivity index (χ2v) is 4.03. The molecule has 3 nitrogen and oxygen atoms in total. The van der Waals surface area contributed by atoms with Crippen LogP contribution < -0.4 is 0 Å². The zero-order valence-electron chi connectivity index (χ0n) is 7.94. The van der Waals surface area contributed by atoms with Crippen LogP contribution >= 0.6 is 11.8 Å². The third kappa shape index (κ3) is 3.89. The van der Waals surface area contributed by atoms with Crippen molar-refractivity contribution in [1.82, 2.24) is 0 Å². The van der Waals surface area contributed by atoms with Crippen LogP contribution in [0.3, 0.4) is 0 Å². The lowest BCUT2D eigenvalue weighted by Gasteiger charge is -2.02. The van der Waals surface area contributed by atoms with E-state index < -0.39 is 11.8 Å². The molecular formula is C10H11FO3S. The summed E-state index contributed by atoms with van der Waals surface area (Å²) in [5.74, 6) is -0.630. The van der Waals surface area contributed by atoms with Gasteiger partial charge in [-0.1, -0.05) is 0 Å². The SMILES string of the molecule is O=C(O)c1cc(F)cc(CSCCO)c1. The molecule has 15 heavy (non-hydrogen) atoms. The normalized spacial score (nSPS) is 10.3. The minimum Gasteiger partial charge on any atom is -0.478 e. The molecule has 0 aromatic heterocycles. The molecule has 0 unspecified atom stereocenters. The van der Waals surface area contributed by atoms with Crippen molar-refractivity contribution in [3.05, 3.63) is 35.1 Å². The van der Waals surface area contributed by atoms with Gasteiger partial charge in [0, 0.05) is 11.5 Å². The van der Waals surface area contributed by atoms with E-state index in [4.69, 9.17) is 10.2 Å². The Morgan fingerprint density at radius 3 is 2.73 bits per heavy atom. The number of aliphatic hydroxyl groups excluding tert-OH is 1. The van der Waals surface area contributed by atoms with Crippen molar-refractivity contribution < 1.29 is 19.4 Å². The first-order valence-electron chi connectivity index (χ1n) is 4.35. The smallest absolute Gasteiger partial charge is 0.335 e. The topological polar surface area (TPSA) is 57.5 Å². The van der Waals surface area contributed by atoms with E-state index >= 15 is 0 Å². The van der Waals surface area contributed by atoms with Crippen molar-refractivity contribution in [3.8, 4) is 0 Å². The van der Waals surface area contributed by atoms with Gasteiger partial charge in [-0.3, -0.25) is 0 Å². The Hall–Kier alpha value is -1.07. The van der Waals surface area contributed by atoms with Crippen molar-refractivity contribution >= 4 is 17.7 Å².